The Morgan fingerprint density at radius 2 is 1.71 bits per heavy atom. The molecule has 0 saturated carbocycles. The van der Waals surface area contributed by atoms with Crippen LogP contribution in [0, 0.1) is 0 Å². The molecule has 4 nitrogen and oxygen atoms in total. The molecule has 3 aromatic heterocycles. The Morgan fingerprint density at radius 3 is 2.52 bits per heavy atom. The van der Waals surface area contributed by atoms with Crippen LogP contribution in [-0.2, 0) is 0 Å². The highest BCUT2D eigenvalue weighted by atomic mass is 16.3. The third-order valence-electron chi connectivity index (χ3n) is 3.24. The minimum absolute atomic E-state index is 0.569. The van der Waals surface area contributed by atoms with Gasteiger partial charge in [0.25, 0.3) is 0 Å². The summed E-state index contributed by atoms with van der Waals surface area (Å²) in [7, 11) is 0. The Morgan fingerprint density at radius 1 is 0.810 bits per heavy atom. The zero-order valence-electron chi connectivity index (χ0n) is 11.1. The van der Waals surface area contributed by atoms with Gasteiger partial charge >= 0.3 is 0 Å². The van der Waals surface area contributed by atoms with Crippen LogP contribution in [0.5, 0.6) is 0 Å². The second kappa shape index (κ2) is 4.83. The van der Waals surface area contributed by atoms with E-state index < -0.39 is 0 Å². The molecule has 0 aliphatic carbocycles. The molecular formula is C17H11N3O. The van der Waals surface area contributed by atoms with Crippen LogP contribution in [0.2, 0.25) is 0 Å². The van der Waals surface area contributed by atoms with Crippen molar-refractivity contribution in [1.29, 1.82) is 0 Å². The highest BCUT2D eigenvalue weighted by Gasteiger charge is 2.13. The third kappa shape index (κ3) is 2.07. The lowest BCUT2D eigenvalue weighted by Crippen LogP contribution is -1.95. The van der Waals surface area contributed by atoms with Crippen molar-refractivity contribution in [2.24, 2.45) is 0 Å². The van der Waals surface area contributed by atoms with Crippen molar-refractivity contribution >= 4 is 11.0 Å². The lowest BCUT2D eigenvalue weighted by molar-refractivity contribution is 0.577. The molecule has 0 atom stereocenters. The number of pyridine rings is 1. The van der Waals surface area contributed by atoms with E-state index in [9.17, 15) is 0 Å². The Kier molecular flexibility index (Phi) is 2.71. The Hall–Kier alpha value is -3.01. The summed E-state index contributed by atoms with van der Waals surface area (Å²) in [5.41, 5.74) is 3.42. The van der Waals surface area contributed by atoms with Crippen LogP contribution in [0.4, 0.5) is 0 Å². The second-order valence-corrected chi connectivity index (χ2v) is 4.61. The molecule has 0 amide bonds. The predicted molar refractivity (Wildman–Crippen MR) is 80.5 cm³/mol. The molecule has 4 aromatic rings. The van der Waals surface area contributed by atoms with E-state index in [0.717, 1.165) is 22.3 Å². The second-order valence-electron chi connectivity index (χ2n) is 4.61. The number of benzene rings is 1. The molecule has 1 aromatic carbocycles. The summed E-state index contributed by atoms with van der Waals surface area (Å²) in [4.78, 5) is 13.6. The van der Waals surface area contributed by atoms with Crippen LogP contribution in [0.1, 0.15) is 0 Å². The van der Waals surface area contributed by atoms with E-state index in [1.165, 1.54) is 0 Å². The van der Waals surface area contributed by atoms with Gasteiger partial charge in [0.2, 0.25) is 0 Å². The molecule has 4 heteroatoms. The zero-order valence-corrected chi connectivity index (χ0v) is 11.1. The number of fused-ring (bicyclic) bond motifs is 1. The molecule has 0 radical (unpaired) electrons. The monoisotopic (exact) mass is 273 g/mol. The largest absolute Gasteiger partial charge is 0.461 e. The number of rotatable bonds is 2. The fourth-order valence-electron chi connectivity index (χ4n) is 2.28. The van der Waals surface area contributed by atoms with Gasteiger partial charge in [-0.05, 0) is 24.3 Å². The molecule has 4 rings (SSSR count). The molecular weight excluding hydrogens is 262 g/mol. The maximum atomic E-state index is 5.41. The van der Waals surface area contributed by atoms with E-state index in [4.69, 9.17) is 4.42 Å². The Balaban J connectivity index is 2.04. The van der Waals surface area contributed by atoms with E-state index in [1.807, 2.05) is 54.6 Å². The first-order valence-corrected chi connectivity index (χ1v) is 6.64. The fraction of sp³-hybridized carbons (Fsp3) is 0. The lowest BCUT2D eigenvalue weighted by atomic mass is 10.1. The molecule has 0 aliphatic heterocycles. The molecule has 0 fully saturated rings. The van der Waals surface area contributed by atoms with Crippen LogP contribution in [0.3, 0.4) is 0 Å². The SMILES string of the molecule is c1ccc(-c2nc(-c3ccco3)nc3cccnc23)cc1. The molecule has 0 aliphatic rings. The predicted octanol–water partition coefficient (Wildman–Crippen LogP) is 3.95. The molecule has 0 bridgehead atoms. The maximum Gasteiger partial charge on any atom is 0.196 e. The van der Waals surface area contributed by atoms with Crippen molar-refractivity contribution < 1.29 is 4.42 Å². The fourth-order valence-corrected chi connectivity index (χ4v) is 2.28. The van der Waals surface area contributed by atoms with E-state index in [0.29, 0.717) is 11.6 Å². The summed E-state index contributed by atoms with van der Waals surface area (Å²) in [6.45, 7) is 0. The van der Waals surface area contributed by atoms with Gasteiger partial charge in [0, 0.05) is 11.8 Å². The van der Waals surface area contributed by atoms with Crippen molar-refractivity contribution in [1.82, 2.24) is 15.0 Å². The average molecular weight is 273 g/mol. The van der Waals surface area contributed by atoms with E-state index in [-0.39, 0.29) is 0 Å². The molecule has 3 heterocycles. The molecule has 0 unspecified atom stereocenters. The van der Waals surface area contributed by atoms with Gasteiger partial charge in [-0.25, -0.2) is 9.97 Å². The molecule has 0 N–H and O–H groups in total. The summed E-state index contributed by atoms with van der Waals surface area (Å²) >= 11 is 0. The minimum atomic E-state index is 0.569. The lowest BCUT2D eigenvalue weighted by Gasteiger charge is -2.06. The molecule has 21 heavy (non-hydrogen) atoms. The first-order valence-electron chi connectivity index (χ1n) is 6.64. The van der Waals surface area contributed by atoms with E-state index in [2.05, 4.69) is 15.0 Å². The third-order valence-corrected chi connectivity index (χ3v) is 3.24. The smallest absolute Gasteiger partial charge is 0.196 e. The van der Waals surface area contributed by atoms with Crippen LogP contribution >= 0.6 is 0 Å². The summed E-state index contributed by atoms with van der Waals surface area (Å²) in [5, 5.41) is 0. The Labute approximate surface area is 121 Å². The zero-order chi connectivity index (χ0) is 14.1. The van der Waals surface area contributed by atoms with E-state index >= 15 is 0 Å². The van der Waals surface area contributed by atoms with Gasteiger partial charge in [-0.15, -0.1) is 0 Å². The van der Waals surface area contributed by atoms with Crippen molar-refractivity contribution in [3.63, 3.8) is 0 Å². The van der Waals surface area contributed by atoms with Gasteiger partial charge in [-0.1, -0.05) is 30.3 Å². The van der Waals surface area contributed by atoms with Crippen LogP contribution in [-0.4, -0.2) is 15.0 Å². The number of aromatic nitrogens is 3. The van der Waals surface area contributed by atoms with Crippen molar-refractivity contribution in [3.8, 4) is 22.8 Å². The van der Waals surface area contributed by atoms with Gasteiger partial charge in [0.1, 0.15) is 11.2 Å². The maximum absolute atomic E-state index is 5.41. The number of nitrogens with zero attached hydrogens (tertiary/aromatic N) is 3. The standard InChI is InChI=1S/C17H11N3O/c1-2-6-12(7-3-1)15-16-13(8-4-10-18-16)19-17(20-15)14-9-5-11-21-14/h1-11H. The van der Waals surface area contributed by atoms with Crippen LogP contribution < -0.4 is 0 Å². The van der Waals surface area contributed by atoms with Crippen LogP contribution in [0.25, 0.3) is 33.9 Å². The summed E-state index contributed by atoms with van der Waals surface area (Å²) in [6.07, 6.45) is 3.37. The van der Waals surface area contributed by atoms with Crippen molar-refractivity contribution in [2.45, 2.75) is 0 Å². The summed E-state index contributed by atoms with van der Waals surface area (Å²) in [6, 6.07) is 17.5. The van der Waals surface area contributed by atoms with Gasteiger partial charge in [-0.3, -0.25) is 4.98 Å². The first-order chi connectivity index (χ1) is 10.4. The number of hydrogen-bond donors (Lipinski definition) is 0. The molecule has 100 valence electrons. The normalized spacial score (nSPS) is 10.9. The van der Waals surface area contributed by atoms with Gasteiger partial charge < -0.3 is 4.42 Å². The molecule has 0 spiro atoms. The Bertz CT molecular complexity index is 886. The molecule has 0 saturated heterocycles. The van der Waals surface area contributed by atoms with Gasteiger partial charge in [0.15, 0.2) is 11.6 Å². The topological polar surface area (TPSA) is 51.8 Å². The average Bonchev–Trinajstić information content (AvgIpc) is 3.09. The highest BCUT2D eigenvalue weighted by molar-refractivity contribution is 5.89. The number of furan rings is 1. The van der Waals surface area contributed by atoms with E-state index in [1.54, 1.807) is 12.5 Å². The summed E-state index contributed by atoms with van der Waals surface area (Å²) < 4.78 is 5.41. The highest BCUT2D eigenvalue weighted by Crippen LogP contribution is 2.27. The number of hydrogen-bond acceptors (Lipinski definition) is 4. The minimum Gasteiger partial charge on any atom is -0.461 e. The van der Waals surface area contributed by atoms with Crippen LogP contribution in [0.15, 0.2) is 71.5 Å². The summed E-state index contributed by atoms with van der Waals surface area (Å²) in [5.74, 6) is 1.22. The quantitative estimate of drug-likeness (QED) is 0.555. The van der Waals surface area contributed by atoms with Gasteiger partial charge in [0.05, 0.1) is 11.8 Å². The van der Waals surface area contributed by atoms with Crippen molar-refractivity contribution in [3.05, 3.63) is 67.1 Å². The first kappa shape index (κ1) is 11.8. The van der Waals surface area contributed by atoms with Crippen molar-refractivity contribution in [2.75, 3.05) is 0 Å². The van der Waals surface area contributed by atoms with Gasteiger partial charge in [-0.2, -0.15) is 0 Å².